The molecule has 0 unspecified atom stereocenters. The Balaban J connectivity index is 1.94. The number of thioether (sulfide) groups is 2. The van der Waals surface area contributed by atoms with Crippen molar-refractivity contribution in [3.63, 3.8) is 0 Å². The number of fused-ring (bicyclic) bond motifs is 3. The molecule has 2 heterocycles. The molecular weight excluding hydrogens is 322 g/mol. The smallest absolute Gasteiger partial charge is 0.190 e. The highest BCUT2D eigenvalue weighted by atomic mass is 32.2. The van der Waals surface area contributed by atoms with Gasteiger partial charge in [0.05, 0.1) is 5.39 Å². The molecule has 3 nitrogen and oxygen atoms in total. The molecule has 0 radical (unpaired) electrons. The summed E-state index contributed by atoms with van der Waals surface area (Å²) in [6.07, 6.45) is 9.89. The Labute approximate surface area is 147 Å². The second kappa shape index (κ2) is 8.43. The third-order valence-corrected chi connectivity index (χ3v) is 6.36. The standard InChI is InChI=1S/C18H27N3S2/c1-3-5-11-22-17-15-13-9-7-8-10-14(13)19-16(15)20-18(21-17)23-12-6-4-2/h3-12H2,1-2H3,(H,19,20,21). The van der Waals surface area contributed by atoms with E-state index in [9.17, 15) is 0 Å². The monoisotopic (exact) mass is 349 g/mol. The van der Waals surface area contributed by atoms with Gasteiger partial charge >= 0.3 is 0 Å². The van der Waals surface area contributed by atoms with Crippen LogP contribution in [0.4, 0.5) is 0 Å². The minimum absolute atomic E-state index is 0.948. The molecule has 0 saturated heterocycles. The van der Waals surface area contributed by atoms with Gasteiger partial charge in [-0.05, 0) is 49.8 Å². The van der Waals surface area contributed by atoms with Crippen LogP contribution < -0.4 is 0 Å². The first-order valence-corrected chi connectivity index (χ1v) is 11.0. The third-order valence-electron chi connectivity index (χ3n) is 4.36. The van der Waals surface area contributed by atoms with Crippen LogP contribution in [0, 0.1) is 0 Å². The van der Waals surface area contributed by atoms with Crippen molar-refractivity contribution in [3.8, 4) is 0 Å². The molecular formula is C18H27N3S2. The summed E-state index contributed by atoms with van der Waals surface area (Å²) < 4.78 is 0. The Morgan fingerprint density at radius 1 is 0.957 bits per heavy atom. The maximum absolute atomic E-state index is 4.92. The summed E-state index contributed by atoms with van der Waals surface area (Å²) >= 11 is 3.72. The van der Waals surface area contributed by atoms with Gasteiger partial charge in [-0.25, -0.2) is 9.97 Å². The lowest BCUT2D eigenvalue weighted by atomic mass is 9.96. The first-order valence-electron chi connectivity index (χ1n) is 9.00. The van der Waals surface area contributed by atoms with E-state index in [1.165, 1.54) is 73.0 Å². The van der Waals surface area contributed by atoms with Gasteiger partial charge in [-0.1, -0.05) is 38.5 Å². The molecule has 0 aromatic carbocycles. The number of rotatable bonds is 8. The number of nitrogens with zero attached hydrogens (tertiary/aromatic N) is 2. The molecule has 126 valence electrons. The van der Waals surface area contributed by atoms with E-state index in [1.54, 1.807) is 11.8 Å². The number of hydrogen-bond acceptors (Lipinski definition) is 4. The van der Waals surface area contributed by atoms with Crippen LogP contribution in [0.2, 0.25) is 0 Å². The summed E-state index contributed by atoms with van der Waals surface area (Å²) in [5.74, 6) is 2.27. The molecule has 3 rings (SSSR count). The van der Waals surface area contributed by atoms with Crippen molar-refractivity contribution in [1.29, 1.82) is 0 Å². The lowest BCUT2D eigenvalue weighted by molar-refractivity contribution is 0.679. The summed E-state index contributed by atoms with van der Waals surface area (Å²) in [7, 11) is 0. The highest BCUT2D eigenvalue weighted by Crippen LogP contribution is 2.35. The molecule has 1 aliphatic rings. The molecule has 1 N–H and O–H groups in total. The van der Waals surface area contributed by atoms with E-state index in [0.29, 0.717) is 0 Å². The topological polar surface area (TPSA) is 41.6 Å². The van der Waals surface area contributed by atoms with E-state index in [1.807, 2.05) is 11.8 Å². The van der Waals surface area contributed by atoms with Crippen molar-refractivity contribution in [2.24, 2.45) is 0 Å². The minimum atomic E-state index is 0.948. The fourth-order valence-electron chi connectivity index (χ4n) is 3.04. The van der Waals surface area contributed by atoms with Gasteiger partial charge in [0.25, 0.3) is 0 Å². The highest BCUT2D eigenvalue weighted by molar-refractivity contribution is 7.99. The van der Waals surface area contributed by atoms with Crippen LogP contribution in [-0.4, -0.2) is 26.5 Å². The molecule has 0 spiro atoms. The molecule has 0 atom stereocenters. The number of unbranched alkanes of at least 4 members (excludes halogenated alkanes) is 2. The highest BCUT2D eigenvalue weighted by Gasteiger charge is 2.20. The third kappa shape index (κ3) is 4.05. The van der Waals surface area contributed by atoms with Crippen molar-refractivity contribution in [1.82, 2.24) is 15.0 Å². The average Bonchev–Trinajstić information content (AvgIpc) is 2.94. The Kier molecular flexibility index (Phi) is 6.29. The summed E-state index contributed by atoms with van der Waals surface area (Å²) in [6.45, 7) is 4.48. The average molecular weight is 350 g/mol. The van der Waals surface area contributed by atoms with Crippen LogP contribution in [0.15, 0.2) is 10.2 Å². The van der Waals surface area contributed by atoms with Crippen LogP contribution in [0.1, 0.15) is 63.6 Å². The van der Waals surface area contributed by atoms with Crippen LogP contribution in [-0.2, 0) is 12.8 Å². The predicted molar refractivity (Wildman–Crippen MR) is 102 cm³/mol. The molecule has 0 saturated carbocycles. The van der Waals surface area contributed by atoms with E-state index in [0.717, 1.165) is 22.3 Å². The van der Waals surface area contributed by atoms with Gasteiger partial charge in [-0.3, -0.25) is 0 Å². The minimum Gasteiger partial charge on any atom is -0.343 e. The van der Waals surface area contributed by atoms with Crippen molar-refractivity contribution in [3.05, 3.63) is 11.3 Å². The zero-order chi connectivity index (χ0) is 16.1. The van der Waals surface area contributed by atoms with E-state index in [-0.39, 0.29) is 0 Å². The summed E-state index contributed by atoms with van der Waals surface area (Å²) in [4.78, 5) is 13.3. The Morgan fingerprint density at radius 2 is 1.70 bits per heavy atom. The molecule has 0 fully saturated rings. The Morgan fingerprint density at radius 3 is 2.48 bits per heavy atom. The van der Waals surface area contributed by atoms with Crippen molar-refractivity contribution >= 4 is 34.6 Å². The zero-order valence-electron chi connectivity index (χ0n) is 14.3. The summed E-state index contributed by atoms with van der Waals surface area (Å²) in [5.41, 5.74) is 3.98. The van der Waals surface area contributed by atoms with E-state index >= 15 is 0 Å². The molecule has 0 bridgehead atoms. The van der Waals surface area contributed by atoms with Gasteiger partial charge in [-0.15, -0.1) is 11.8 Å². The number of aromatic nitrogens is 3. The van der Waals surface area contributed by atoms with Crippen molar-refractivity contribution in [2.75, 3.05) is 11.5 Å². The second-order valence-corrected chi connectivity index (χ2v) is 8.37. The van der Waals surface area contributed by atoms with Gasteiger partial charge in [0.2, 0.25) is 0 Å². The molecule has 5 heteroatoms. The van der Waals surface area contributed by atoms with Gasteiger partial charge < -0.3 is 4.98 Å². The normalized spacial score (nSPS) is 14.3. The van der Waals surface area contributed by atoms with Crippen molar-refractivity contribution in [2.45, 2.75) is 75.4 Å². The summed E-state index contributed by atoms with van der Waals surface area (Å²) in [5, 5.41) is 3.48. The van der Waals surface area contributed by atoms with Crippen LogP contribution >= 0.6 is 23.5 Å². The fourth-order valence-corrected chi connectivity index (χ4v) is 5.16. The van der Waals surface area contributed by atoms with Crippen molar-refractivity contribution < 1.29 is 0 Å². The molecule has 23 heavy (non-hydrogen) atoms. The predicted octanol–water partition coefficient (Wildman–Crippen LogP) is 5.62. The number of aromatic amines is 1. The Bertz CT molecular complexity index is 651. The number of aryl methyl sites for hydroxylation is 2. The zero-order valence-corrected chi connectivity index (χ0v) is 15.9. The van der Waals surface area contributed by atoms with E-state index < -0.39 is 0 Å². The first kappa shape index (κ1) is 17.2. The molecule has 1 aliphatic carbocycles. The van der Waals surface area contributed by atoms with Crippen LogP contribution in [0.25, 0.3) is 11.0 Å². The lowest BCUT2D eigenvalue weighted by Crippen LogP contribution is -2.00. The largest absolute Gasteiger partial charge is 0.343 e. The molecule has 0 amide bonds. The van der Waals surface area contributed by atoms with E-state index in [2.05, 4.69) is 18.8 Å². The molecule has 2 aromatic rings. The quantitative estimate of drug-likeness (QED) is 0.290. The maximum Gasteiger partial charge on any atom is 0.190 e. The second-order valence-electron chi connectivity index (χ2n) is 6.23. The van der Waals surface area contributed by atoms with Gasteiger partial charge in [0, 0.05) is 11.4 Å². The molecule has 0 aliphatic heterocycles. The summed E-state index contributed by atoms with van der Waals surface area (Å²) in [6, 6.07) is 0. The SMILES string of the molecule is CCCCSc1nc(SCCCC)c2c3c([nH]c2n1)CCCC3. The van der Waals surface area contributed by atoms with Crippen LogP contribution in [0.5, 0.6) is 0 Å². The number of nitrogens with one attached hydrogen (secondary N) is 1. The van der Waals surface area contributed by atoms with Crippen LogP contribution in [0.3, 0.4) is 0 Å². The van der Waals surface area contributed by atoms with Gasteiger partial charge in [-0.2, -0.15) is 0 Å². The first-order chi connectivity index (χ1) is 11.3. The van der Waals surface area contributed by atoms with E-state index in [4.69, 9.17) is 9.97 Å². The number of hydrogen-bond donors (Lipinski definition) is 1. The fraction of sp³-hybridized carbons (Fsp3) is 0.667. The van der Waals surface area contributed by atoms with Gasteiger partial charge in [0.1, 0.15) is 10.7 Å². The Hall–Kier alpha value is -0.680. The number of H-pyrrole nitrogens is 1. The maximum atomic E-state index is 4.92. The molecule has 2 aromatic heterocycles. The van der Waals surface area contributed by atoms with Gasteiger partial charge in [0.15, 0.2) is 5.16 Å². The lowest BCUT2D eigenvalue weighted by Gasteiger charge is -2.11.